The van der Waals surface area contributed by atoms with Gasteiger partial charge in [-0.15, -0.1) is 0 Å². The lowest BCUT2D eigenvalue weighted by molar-refractivity contribution is -0.129. The molecule has 0 atom stereocenters. The number of nitrogens with one attached hydrogen (secondary N) is 1. The van der Waals surface area contributed by atoms with Gasteiger partial charge in [0, 0.05) is 26.1 Å². The van der Waals surface area contributed by atoms with Gasteiger partial charge in [0.2, 0.25) is 15.9 Å². The molecule has 1 saturated heterocycles. The Balaban J connectivity index is 1.64. The number of nitrogens with zero attached hydrogens (tertiary/aromatic N) is 1. The molecule has 2 aromatic carbocycles. The molecule has 0 aromatic heterocycles. The fraction of sp³-hybridized carbons (Fsp3) is 0.353. The number of benzene rings is 2. The first-order chi connectivity index (χ1) is 11.1. The van der Waals surface area contributed by atoms with Crippen molar-refractivity contribution in [3.63, 3.8) is 0 Å². The van der Waals surface area contributed by atoms with Gasteiger partial charge in [-0.2, -0.15) is 0 Å². The lowest BCUT2D eigenvalue weighted by Crippen LogP contribution is -2.32. The topological polar surface area (TPSA) is 66.5 Å². The summed E-state index contributed by atoms with van der Waals surface area (Å²) in [6.45, 7) is 1.71. The second kappa shape index (κ2) is 6.68. The Kier molecular flexibility index (Phi) is 4.63. The molecule has 5 nitrogen and oxygen atoms in total. The molecule has 1 aliphatic rings. The summed E-state index contributed by atoms with van der Waals surface area (Å²) in [5, 5.41) is 1.87. The number of amides is 1. The number of carbonyl (C=O) groups excluding carboxylic acids is 1. The number of hydrogen-bond donors (Lipinski definition) is 1. The van der Waals surface area contributed by atoms with E-state index in [1.165, 1.54) is 0 Å². The van der Waals surface area contributed by atoms with E-state index in [0.717, 1.165) is 36.7 Å². The van der Waals surface area contributed by atoms with Crippen LogP contribution in [0.2, 0.25) is 0 Å². The van der Waals surface area contributed by atoms with Crippen molar-refractivity contribution in [3.05, 3.63) is 42.5 Å². The highest BCUT2D eigenvalue weighted by Gasteiger charge is 2.19. The maximum absolute atomic E-state index is 12.3. The molecular weight excluding hydrogens is 312 g/mol. The van der Waals surface area contributed by atoms with Crippen LogP contribution >= 0.6 is 0 Å². The second-order valence-corrected chi connectivity index (χ2v) is 7.51. The summed E-state index contributed by atoms with van der Waals surface area (Å²) in [6, 6.07) is 12.6. The third-order valence-electron chi connectivity index (χ3n) is 4.12. The highest BCUT2D eigenvalue weighted by molar-refractivity contribution is 7.89. The maximum atomic E-state index is 12.3. The van der Waals surface area contributed by atoms with Crippen LogP contribution in [0.5, 0.6) is 0 Å². The first-order valence-electron chi connectivity index (χ1n) is 7.82. The number of hydrogen-bond acceptors (Lipinski definition) is 3. The van der Waals surface area contributed by atoms with Gasteiger partial charge in [-0.3, -0.25) is 4.79 Å². The molecule has 122 valence electrons. The van der Waals surface area contributed by atoms with E-state index in [0.29, 0.717) is 0 Å². The van der Waals surface area contributed by atoms with Crippen molar-refractivity contribution < 1.29 is 13.2 Å². The van der Waals surface area contributed by atoms with Gasteiger partial charge < -0.3 is 4.90 Å². The van der Waals surface area contributed by atoms with E-state index >= 15 is 0 Å². The van der Waals surface area contributed by atoms with E-state index in [1.807, 2.05) is 24.3 Å². The number of rotatable bonds is 5. The highest BCUT2D eigenvalue weighted by atomic mass is 32.2. The predicted molar refractivity (Wildman–Crippen MR) is 89.6 cm³/mol. The molecule has 0 aliphatic carbocycles. The largest absolute Gasteiger partial charge is 0.343 e. The molecule has 0 radical (unpaired) electrons. The van der Waals surface area contributed by atoms with Gasteiger partial charge in [-0.1, -0.05) is 30.3 Å². The number of likely N-dealkylation sites (tertiary alicyclic amines) is 1. The fourth-order valence-electron chi connectivity index (χ4n) is 2.83. The molecule has 6 heteroatoms. The Morgan fingerprint density at radius 3 is 2.48 bits per heavy atom. The Morgan fingerprint density at radius 2 is 1.74 bits per heavy atom. The van der Waals surface area contributed by atoms with Crippen LogP contribution in [0.25, 0.3) is 10.8 Å². The standard InChI is InChI=1S/C17H20N2O3S/c20-17(19-11-3-4-12-19)9-10-18-23(21,22)16-8-7-14-5-1-2-6-15(14)13-16/h1-2,5-8,13,18H,3-4,9-12H2. The second-order valence-electron chi connectivity index (χ2n) is 5.74. The Bertz CT molecular complexity index is 811. The smallest absolute Gasteiger partial charge is 0.240 e. The van der Waals surface area contributed by atoms with Gasteiger partial charge >= 0.3 is 0 Å². The molecular formula is C17H20N2O3S. The van der Waals surface area contributed by atoms with Crippen LogP contribution in [0.3, 0.4) is 0 Å². The third kappa shape index (κ3) is 3.71. The zero-order valence-electron chi connectivity index (χ0n) is 12.9. The first kappa shape index (κ1) is 16.0. The monoisotopic (exact) mass is 332 g/mol. The van der Waals surface area contributed by atoms with E-state index in [2.05, 4.69) is 4.72 Å². The summed E-state index contributed by atoms with van der Waals surface area (Å²) >= 11 is 0. The average Bonchev–Trinajstić information content (AvgIpc) is 3.08. The highest BCUT2D eigenvalue weighted by Crippen LogP contribution is 2.18. The molecule has 0 unspecified atom stereocenters. The van der Waals surface area contributed by atoms with Crippen LogP contribution < -0.4 is 4.72 Å². The SMILES string of the molecule is O=C(CCNS(=O)(=O)c1ccc2ccccc2c1)N1CCCC1. The van der Waals surface area contributed by atoms with Crippen LogP contribution in [0.4, 0.5) is 0 Å². The molecule has 0 saturated carbocycles. The quantitative estimate of drug-likeness (QED) is 0.912. The zero-order valence-corrected chi connectivity index (χ0v) is 13.7. The van der Waals surface area contributed by atoms with Crippen molar-refractivity contribution >= 4 is 26.7 Å². The van der Waals surface area contributed by atoms with Crippen molar-refractivity contribution in [2.75, 3.05) is 19.6 Å². The third-order valence-corrected chi connectivity index (χ3v) is 5.58. The summed E-state index contributed by atoms with van der Waals surface area (Å²) in [4.78, 5) is 14.0. The molecule has 1 aliphatic heterocycles. The molecule has 0 bridgehead atoms. The summed E-state index contributed by atoms with van der Waals surface area (Å²) in [5.41, 5.74) is 0. The molecule has 1 fully saturated rings. The van der Waals surface area contributed by atoms with Crippen LogP contribution in [0.15, 0.2) is 47.4 Å². The lowest BCUT2D eigenvalue weighted by Gasteiger charge is -2.15. The van der Waals surface area contributed by atoms with Crippen molar-refractivity contribution in [2.24, 2.45) is 0 Å². The van der Waals surface area contributed by atoms with Crippen molar-refractivity contribution in [2.45, 2.75) is 24.2 Å². The van der Waals surface area contributed by atoms with Crippen LogP contribution in [-0.4, -0.2) is 38.9 Å². The van der Waals surface area contributed by atoms with E-state index in [9.17, 15) is 13.2 Å². The normalized spacial score (nSPS) is 15.2. The summed E-state index contributed by atoms with van der Waals surface area (Å²) < 4.78 is 27.2. The van der Waals surface area contributed by atoms with Crippen LogP contribution in [-0.2, 0) is 14.8 Å². The number of carbonyl (C=O) groups is 1. The predicted octanol–water partition coefficient (Wildman–Crippen LogP) is 2.13. The summed E-state index contributed by atoms with van der Waals surface area (Å²) in [7, 11) is -3.59. The minimum absolute atomic E-state index is 0.0173. The van der Waals surface area contributed by atoms with E-state index in [1.54, 1.807) is 23.1 Å². The van der Waals surface area contributed by atoms with Crippen molar-refractivity contribution in [1.82, 2.24) is 9.62 Å². The Labute approximate surface area is 136 Å². The van der Waals surface area contributed by atoms with Gasteiger partial charge in [0.25, 0.3) is 0 Å². The van der Waals surface area contributed by atoms with Gasteiger partial charge in [0.15, 0.2) is 0 Å². The van der Waals surface area contributed by atoms with Gasteiger partial charge in [-0.05, 0) is 35.7 Å². The molecule has 1 heterocycles. The fourth-order valence-corrected chi connectivity index (χ4v) is 3.90. The molecule has 2 aromatic rings. The Morgan fingerprint density at radius 1 is 1.04 bits per heavy atom. The molecule has 1 N–H and O–H groups in total. The average molecular weight is 332 g/mol. The molecule has 1 amide bonds. The van der Waals surface area contributed by atoms with Crippen molar-refractivity contribution in [1.29, 1.82) is 0 Å². The minimum atomic E-state index is -3.59. The Hall–Kier alpha value is -1.92. The molecule has 23 heavy (non-hydrogen) atoms. The maximum Gasteiger partial charge on any atom is 0.240 e. The van der Waals surface area contributed by atoms with Crippen LogP contribution in [0.1, 0.15) is 19.3 Å². The van der Waals surface area contributed by atoms with E-state index in [4.69, 9.17) is 0 Å². The van der Waals surface area contributed by atoms with Gasteiger partial charge in [-0.25, -0.2) is 13.1 Å². The summed E-state index contributed by atoms with van der Waals surface area (Å²) in [6.07, 6.45) is 2.27. The van der Waals surface area contributed by atoms with Crippen molar-refractivity contribution in [3.8, 4) is 0 Å². The minimum Gasteiger partial charge on any atom is -0.343 e. The first-order valence-corrected chi connectivity index (χ1v) is 9.31. The zero-order chi connectivity index (χ0) is 16.3. The van der Waals surface area contributed by atoms with E-state index < -0.39 is 10.0 Å². The van der Waals surface area contributed by atoms with E-state index in [-0.39, 0.29) is 23.8 Å². The van der Waals surface area contributed by atoms with Crippen LogP contribution in [0, 0.1) is 0 Å². The molecule has 3 rings (SSSR count). The van der Waals surface area contributed by atoms with Gasteiger partial charge in [0.1, 0.15) is 0 Å². The molecule has 0 spiro atoms. The lowest BCUT2D eigenvalue weighted by atomic mass is 10.1. The number of sulfonamides is 1. The summed E-state index contributed by atoms with van der Waals surface area (Å²) in [5.74, 6) is 0.0173. The number of fused-ring (bicyclic) bond motifs is 1. The van der Waals surface area contributed by atoms with Gasteiger partial charge in [0.05, 0.1) is 4.90 Å².